The standard InChI is InChI=1S/C13H10FN3O3/c14-9-3-1-8(2-4-9)11(13(19)20)17-12(18)10-7-15-5-6-16-10/h1-7,11H,(H,17,18)(H,19,20). The Bertz CT molecular complexity index is 617. The molecule has 1 aromatic heterocycles. The van der Waals surface area contributed by atoms with E-state index in [4.69, 9.17) is 5.11 Å². The minimum Gasteiger partial charge on any atom is -0.479 e. The molecule has 6 nitrogen and oxygen atoms in total. The first-order chi connectivity index (χ1) is 9.58. The first-order valence-corrected chi connectivity index (χ1v) is 5.63. The largest absolute Gasteiger partial charge is 0.479 e. The van der Waals surface area contributed by atoms with Gasteiger partial charge in [-0.05, 0) is 17.7 Å². The molecule has 20 heavy (non-hydrogen) atoms. The molecule has 7 heteroatoms. The predicted octanol–water partition coefficient (Wildman–Crippen LogP) is 1.17. The lowest BCUT2D eigenvalue weighted by Gasteiger charge is -2.14. The number of nitrogens with zero attached hydrogens (tertiary/aromatic N) is 2. The van der Waals surface area contributed by atoms with Gasteiger partial charge in [0.05, 0.1) is 6.20 Å². The van der Waals surface area contributed by atoms with Crippen LogP contribution in [0.3, 0.4) is 0 Å². The zero-order valence-corrected chi connectivity index (χ0v) is 10.2. The number of carbonyl (C=O) groups excluding carboxylic acids is 1. The van der Waals surface area contributed by atoms with E-state index in [1.54, 1.807) is 0 Å². The second kappa shape index (κ2) is 5.87. The molecule has 1 unspecified atom stereocenters. The van der Waals surface area contributed by atoms with E-state index >= 15 is 0 Å². The second-order valence-corrected chi connectivity index (χ2v) is 3.89. The Morgan fingerprint density at radius 2 is 1.90 bits per heavy atom. The summed E-state index contributed by atoms with van der Waals surface area (Å²) in [6.45, 7) is 0. The van der Waals surface area contributed by atoms with E-state index in [0.717, 1.165) is 12.1 Å². The third kappa shape index (κ3) is 3.14. The number of carbonyl (C=O) groups is 2. The normalized spacial score (nSPS) is 11.7. The number of halogens is 1. The minimum absolute atomic E-state index is 0.000798. The number of hydrogen-bond acceptors (Lipinski definition) is 4. The van der Waals surface area contributed by atoms with Crippen LogP contribution in [-0.2, 0) is 4.79 Å². The summed E-state index contributed by atoms with van der Waals surface area (Å²) in [7, 11) is 0. The molecule has 1 aromatic carbocycles. The number of carboxylic acid groups (broad SMARTS) is 1. The van der Waals surface area contributed by atoms with Gasteiger partial charge >= 0.3 is 5.97 Å². The summed E-state index contributed by atoms with van der Waals surface area (Å²) in [5.41, 5.74) is 0.261. The van der Waals surface area contributed by atoms with Crippen molar-refractivity contribution in [2.45, 2.75) is 6.04 Å². The zero-order valence-electron chi connectivity index (χ0n) is 10.2. The average molecular weight is 275 g/mol. The average Bonchev–Trinajstić information content (AvgIpc) is 2.46. The van der Waals surface area contributed by atoms with Gasteiger partial charge in [0.25, 0.3) is 5.91 Å². The van der Waals surface area contributed by atoms with E-state index in [1.807, 2.05) is 0 Å². The number of benzene rings is 1. The third-order valence-corrected chi connectivity index (χ3v) is 2.52. The molecular formula is C13H10FN3O3. The quantitative estimate of drug-likeness (QED) is 0.873. The minimum atomic E-state index is -1.29. The smallest absolute Gasteiger partial charge is 0.330 e. The maximum Gasteiger partial charge on any atom is 0.330 e. The van der Waals surface area contributed by atoms with Gasteiger partial charge < -0.3 is 10.4 Å². The Hall–Kier alpha value is -2.83. The van der Waals surface area contributed by atoms with Gasteiger partial charge in [0.1, 0.15) is 11.5 Å². The molecule has 102 valence electrons. The van der Waals surface area contributed by atoms with Gasteiger partial charge in [-0.1, -0.05) is 12.1 Å². The predicted molar refractivity (Wildman–Crippen MR) is 66.3 cm³/mol. The van der Waals surface area contributed by atoms with Crippen molar-refractivity contribution in [3.63, 3.8) is 0 Å². The number of aliphatic carboxylic acids is 1. The van der Waals surface area contributed by atoms with Crippen LogP contribution in [0.1, 0.15) is 22.1 Å². The topological polar surface area (TPSA) is 92.2 Å². The summed E-state index contributed by atoms with van der Waals surface area (Å²) in [4.78, 5) is 30.5. The van der Waals surface area contributed by atoms with Crippen LogP contribution in [0.25, 0.3) is 0 Å². The Labute approximate surface area is 113 Å². The van der Waals surface area contributed by atoms with Crippen LogP contribution in [0, 0.1) is 5.82 Å². The van der Waals surface area contributed by atoms with Gasteiger partial charge in [-0.3, -0.25) is 9.78 Å². The fraction of sp³-hybridized carbons (Fsp3) is 0.0769. The molecular weight excluding hydrogens is 265 g/mol. The van der Waals surface area contributed by atoms with Crippen molar-refractivity contribution < 1.29 is 19.1 Å². The number of hydrogen-bond donors (Lipinski definition) is 2. The van der Waals surface area contributed by atoms with E-state index < -0.39 is 23.7 Å². The van der Waals surface area contributed by atoms with Gasteiger partial charge in [-0.2, -0.15) is 0 Å². The van der Waals surface area contributed by atoms with E-state index in [2.05, 4.69) is 15.3 Å². The second-order valence-electron chi connectivity index (χ2n) is 3.89. The van der Waals surface area contributed by atoms with Crippen molar-refractivity contribution in [1.29, 1.82) is 0 Å². The summed E-state index contributed by atoms with van der Waals surface area (Å²) in [5.74, 6) is -2.41. The van der Waals surface area contributed by atoms with E-state index in [-0.39, 0.29) is 11.3 Å². The van der Waals surface area contributed by atoms with E-state index in [9.17, 15) is 14.0 Å². The molecule has 0 fully saturated rings. The monoisotopic (exact) mass is 275 g/mol. The van der Waals surface area contributed by atoms with Gasteiger partial charge in [0.15, 0.2) is 6.04 Å². The molecule has 1 heterocycles. The number of carboxylic acids is 1. The maximum atomic E-state index is 12.8. The van der Waals surface area contributed by atoms with E-state index in [1.165, 1.54) is 30.7 Å². The summed E-state index contributed by atoms with van der Waals surface area (Å²) in [5, 5.41) is 11.5. The highest BCUT2D eigenvalue weighted by molar-refractivity contribution is 5.94. The van der Waals surface area contributed by atoms with Gasteiger partial charge in [-0.25, -0.2) is 14.2 Å². The summed E-state index contributed by atoms with van der Waals surface area (Å²) in [6.07, 6.45) is 3.94. The van der Waals surface area contributed by atoms with Crippen molar-refractivity contribution in [2.24, 2.45) is 0 Å². The molecule has 0 aliphatic rings. The number of nitrogens with one attached hydrogen (secondary N) is 1. The van der Waals surface area contributed by atoms with Crippen LogP contribution < -0.4 is 5.32 Å². The third-order valence-electron chi connectivity index (χ3n) is 2.52. The van der Waals surface area contributed by atoms with Crippen LogP contribution in [0.5, 0.6) is 0 Å². The first-order valence-electron chi connectivity index (χ1n) is 5.63. The Balaban J connectivity index is 2.20. The van der Waals surface area contributed by atoms with E-state index in [0.29, 0.717) is 0 Å². The molecule has 0 saturated carbocycles. The highest BCUT2D eigenvalue weighted by Gasteiger charge is 2.23. The van der Waals surface area contributed by atoms with Gasteiger partial charge in [0.2, 0.25) is 0 Å². The SMILES string of the molecule is O=C(NC(C(=O)O)c1ccc(F)cc1)c1cnccn1. The summed E-state index contributed by atoms with van der Waals surface area (Å²) in [6, 6.07) is 3.56. The molecule has 0 aliphatic heterocycles. The lowest BCUT2D eigenvalue weighted by atomic mass is 10.1. The molecule has 1 atom stereocenters. The van der Waals surface area contributed by atoms with Crippen molar-refractivity contribution in [3.05, 3.63) is 59.9 Å². The van der Waals surface area contributed by atoms with Gasteiger partial charge in [-0.15, -0.1) is 0 Å². The van der Waals surface area contributed by atoms with Crippen molar-refractivity contribution in [3.8, 4) is 0 Å². The molecule has 0 aliphatic carbocycles. The van der Waals surface area contributed by atoms with Crippen LogP contribution in [0.4, 0.5) is 4.39 Å². The fourth-order valence-corrected chi connectivity index (χ4v) is 1.56. The van der Waals surface area contributed by atoms with Crippen molar-refractivity contribution in [2.75, 3.05) is 0 Å². The molecule has 0 saturated heterocycles. The van der Waals surface area contributed by atoms with Crippen LogP contribution in [-0.4, -0.2) is 27.0 Å². The van der Waals surface area contributed by atoms with Crippen molar-refractivity contribution >= 4 is 11.9 Å². The zero-order chi connectivity index (χ0) is 14.5. The molecule has 2 N–H and O–H groups in total. The van der Waals surface area contributed by atoms with Crippen LogP contribution >= 0.6 is 0 Å². The Morgan fingerprint density at radius 3 is 2.45 bits per heavy atom. The number of amides is 1. The lowest BCUT2D eigenvalue weighted by molar-refractivity contribution is -0.139. The van der Waals surface area contributed by atoms with Gasteiger partial charge in [0, 0.05) is 12.4 Å². The first kappa shape index (κ1) is 13.6. The molecule has 1 amide bonds. The fourth-order valence-electron chi connectivity index (χ4n) is 1.56. The highest BCUT2D eigenvalue weighted by Crippen LogP contribution is 2.14. The molecule has 0 spiro atoms. The molecule has 0 radical (unpaired) electrons. The summed E-state index contributed by atoms with van der Waals surface area (Å²) >= 11 is 0. The highest BCUT2D eigenvalue weighted by atomic mass is 19.1. The number of rotatable bonds is 4. The molecule has 0 bridgehead atoms. The Morgan fingerprint density at radius 1 is 1.20 bits per heavy atom. The molecule has 2 aromatic rings. The Kier molecular flexibility index (Phi) is 3.99. The van der Waals surface area contributed by atoms with Crippen LogP contribution in [0.15, 0.2) is 42.9 Å². The lowest BCUT2D eigenvalue weighted by Crippen LogP contribution is -2.34. The van der Waals surface area contributed by atoms with Crippen molar-refractivity contribution in [1.82, 2.24) is 15.3 Å². The molecule has 2 rings (SSSR count). The summed E-state index contributed by atoms with van der Waals surface area (Å²) < 4.78 is 12.8. The maximum absolute atomic E-state index is 12.8. The van der Waals surface area contributed by atoms with Crippen LogP contribution in [0.2, 0.25) is 0 Å². The number of aromatic nitrogens is 2.